The normalized spacial score (nSPS) is 12.2. The zero-order valence-electron chi connectivity index (χ0n) is 27.0. The van der Waals surface area contributed by atoms with Gasteiger partial charge in [-0.15, -0.1) is 0 Å². The molecule has 4 aromatic carbocycles. The predicted molar refractivity (Wildman–Crippen MR) is 188 cm³/mol. The van der Waals surface area contributed by atoms with Gasteiger partial charge in [0, 0.05) is 22.1 Å². The Labute approximate surface area is 287 Å². The van der Waals surface area contributed by atoms with Crippen LogP contribution in [-0.4, -0.2) is 43.3 Å². The third kappa shape index (κ3) is 9.50. The number of amides is 2. The molecule has 0 fully saturated rings. The summed E-state index contributed by atoms with van der Waals surface area (Å²) in [5, 5.41) is 3.69. The van der Waals surface area contributed by atoms with Crippen LogP contribution in [0, 0.1) is 6.92 Å². The second-order valence-electron chi connectivity index (χ2n) is 12.2. The third-order valence-corrected chi connectivity index (χ3v) is 9.61. The molecule has 11 heteroatoms. The van der Waals surface area contributed by atoms with E-state index in [-0.39, 0.29) is 29.5 Å². The first-order valence-corrected chi connectivity index (χ1v) is 17.4. The summed E-state index contributed by atoms with van der Waals surface area (Å²) < 4.78 is 35.4. The van der Waals surface area contributed by atoms with Crippen molar-refractivity contribution in [1.29, 1.82) is 0 Å². The van der Waals surface area contributed by atoms with E-state index in [1.807, 2.05) is 58.0 Å². The number of carbonyl (C=O) groups is 2. The van der Waals surface area contributed by atoms with Crippen molar-refractivity contribution in [2.24, 2.45) is 0 Å². The molecule has 0 unspecified atom stereocenters. The molecule has 4 aromatic rings. The molecule has 1 atom stereocenters. The molecule has 8 nitrogen and oxygen atoms in total. The van der Waals surface area contributed by atoms with Gasteiger partial charge in [-0.2, -0.15) is 0 Å². The van der Waals surface area contributed by atoms with Crippen molar-refractivity contribution in [2.45, 2.75) is 64.1 Å². The van der Waals surface area contributed by atoms with E-state index >= 15 is 0 Å². The van der Waals surface area contributed by atoms with Gasteiger partial charge in [-0.25, -0.2) is 8.42 Å². The molecule has 0 saturated carbocycles. The summed E-state index contributed by atoms with van der Waals surface area (Å²) in [7, 11) is -4.24. The van der Waals surface area contributed by atoms with Gasteiger partial charge in [0.1, 0.15) is 24.1 Å². The minimum absolute atomic E-state index is 0.0188. The van der Waals surface area contributed by atoms with Crippen LogP contribution in [0.1, 0.15) is 45.2 Å². The van der Waals surface area contributed by atoms with E-state index in [4.69, 9.17) is 27.9 Å². The number of hydrogen-bond acceptors (Lipinski definition) is 5. The lowest BCUT2D eigenvalue weighted by atomic mass is 10.1. The van der Waals surface area contributed by atoms with Gasteiger partial charge in [-0.3, -0.25) is 13.9 Å². The summed E-state index contributed by atoms with van der Waals surface area (Å²) in [5.41, 5.74) is 1.12. The topological polar surface area (TPSA) is 96.0 Å². The largest absolute Gasteiger partial charge is 0.457 e. The number of sulfonamides is 1. The fourth-order valence-corrected chi connectivity index (χ4v) is 6.76. The van der Waals surface area contributed by atoms with E-state index in [9.17, 15) is 18.0 Å². The van der Waals surface area contributed by atoms with Gasteiger partial charge in [0.25, 0.3) is 10.0 Å². The summed E-state index contributed by atoms with van der Waals surface area (Å²) >= 11 is 12.6. The molecule has 1 N–H and O–H groups in total. The molecule has 0 aliphatic carbocycles. The standard InChI is InChI=1S/C36H39Cl2N3O5S/c1-6-33(35(43)39-36(3,4)5)40(23-26-14-15-27(37)22-32(26)38)34(42)24-41(47(44,45)31-20-12-25(2)13-21-31)28-16-18-30(19-17-28)46-29-10-8-7-9-11-29/h7-22,33H,6,23-24H2,1-5H3,(H,39,43)/t33-/m0/s1. The fourth-order valence-electron chi connectivity index (χ4n) is 4.88. The van der Waals surface area contributed by atoms with Crippen molar-refractivity contribution < 1.29 is 22.7 Å². The molecule has 0 heterocycles. The van der Waals surface area contributed by atoms with Gasteiger partial charge in [0.05, 0.1) is 10.6 Å². The summed E-state index contributed by atoms with van der Waals surface area (Å²) in [6.07, 6.45) is 0.273. The van der Waals surface area contributed by atoms with Gasteiger partial charge in [-0.1, -0.05) is 72.1 Å². The average Bonchev–Trinajstić information content (AvgIpc) is 3.01. The predicted octanol–water partition coefficient (Wildman–Crippen LogP) is 8.01. The number of aryl methyl sites for hydroxylation is 1. The molecule has 0 spiro atoms. The molecule has 47 heavy (non-hydrogen) atoms. The second-order valence-corrected chi connectivity index (χ2v) is 14.9. The third-order valence-electron chi connectivity index (χ3n) is 7.23. The number of benzene rings is 4. The first-order chi connectivity index (χ1) is 22.2. The van der Waals surface area contributed by atoms with Crippen LogP contribution in [0.5, 0.6) is 11.5 Å². The van der Waals surface area contributed by atoms with Crippen molar-refractivity contribution in [3.63, 3.8) is 0 Å². The SMILES string of the molecule is CC[C@@H](C(=O)NC(C)(C)C)N(Cc1ccc(Cl)cc1Cl)C(=O)CN(c1ccc(Oc2ccccc2)cc1)S(=O)(=O)c1ccc(C)cc1. The Morgan fingerprint density at radius 2 is 1.49 bits per heavy atom. The molecule has 4 rings (SSSR count). The molecule has 0 radical (unpaired) electrons. The van der Waals surface area contributed by atoms with Crippen LogP contribution in [0.3, 0.4) is 0 Å². The van der Waals surface area contributed by atoms with Crippen LogP contribution in [0.4, 0.5) is 5.69 Å². The number of ether oxygens (including phenoxy) is 1. The van der Waals surface area contributed by atoms with Crippen molar-refractivity contribution in [1.82, 2.24) is 10.2 Å². The fraction of sp³-hybridized carbons (Fsp3) is 0.278. The lowest BCUT2D eigenvalue weighted by molar-refractivity contribution is -0.141. The van der Waals surface area contributed by atoms with Crippen LogP contribution in [-0.2, 0) is 26.2 Å². The van der Waals surface area contributed by atoms with E-state index in [0.717, 1.165) is 9.87 Å². The summed E-state index contributed by atoms with van der Waals surface area (Å²) in [6.45, 7) is 8.56. The van der Waals surface area contributed by atoms with Crippen molar-refractivity contribution in [2.75, 3.05) is 10.8 Å². The first kappa shape index (κ1) is 35.8. The number of rotatable bonds is 12. The molecule has 248 valence electrons. The molecule has 0 saturated heterocycles. The highest BCUT2D eigenvalue weighted by Gasteiger charge is 2.35. The Balaban J connectivity index is 1.75. The maximum atomic E-state index is 14.4. The van der Waals surface area contributed by atoms with Crippen LogP contribution < -0.4 is 14.4 Å². The van der Waals surface area contributed by atoms with Gasteiger partial charge in [-0.05, 0) is 100 Å². The van der Waals surface area contributed by atoms with E-state index < -0.39 is 34.1 Å². The molecule has 2 amide bonds. The molecule has 0 bridgehead atoms. The monoisotopic (exact) mass is 695 g/mol. The average molecular weight is 697 g/mol. The highest BCUT2D eigenvalue weighted by Crippen LogP contribution is 2.30. The quantitative estimate of drug-likeness (QED) is 0.162. The smallest absolute Gasteiger partial charge is 0.264 e. The number of halogens is 2. The minimum Gasteiger partial charge on any atom is -0.457 e. The summed E-state index contributed by atoms with van der Waals surface area (Å²) in [6, 6.07) is 26.0. The Morgan fingerprint density at radius 1 is 0.872 bits per heavy atom. The Morgan fingerprint density at radius 3 is 2.06 bits per heavy atom. The molecule has 0 aliphatic heterocycles. The maximum Gasteiger partial charge on any atom is 0.264 e. The van der Waals surface area contributed by atoms with Crippen LogP contribution in [0.25, 0.3) is 0 Å². The van der Waals surface area contributed by atoms with E-state index in [0.29, 0.717) is 27.1 Å². The van der Waals surface area contributed by atoms with Crippen molar-refractivity contribution >= 4 is 50.7 Å². The maximum absolute atomic E-state index is 14.4. The molecular formula is C36H39Cl2N3O5S. The number of nitrogens with zero attached hydrogens (tertiary/aromatic N) is 2. The Hall–Kier alpha value is -4.05. The van der Waals surface area contributed by atoms with Gasteiger partial charge < -0.3 is 15.0 Å². The number of hydrogen-bond donors (Lipinski definition) is 1. The van der Waals surface area contributed by atoms with Crippen molar-refractivity contribution in [3.05, 3.63) is 118 Å². The molecular weight excluding hydrogens is 657 g/mol. The summed E-state index contributed by atoms with van der Waals surface area (Å²) in [5.74, 6) is 0.152. The molecule has 0 aromatic heterocycles. The van der Waals surface area contributed by atoms with E-state index in [1.54, 1.807) is 61.5 Å². The zero-order chi connectivity index (χ0) is 34.4. The highest BCUT2D eigenvalue weighted by atomic mass is 35.5. The molecule has 0 aliphatic rings. The first-order valence-electron chi connectivity index (χ1n) is 15.2. The lowest BCUT2D eigenvalue weighted by Gasteiger charge is -2.35. The van der Waals surface area contributed by atoms with E-state index in [2.05, 4.69) is 5.32 Å². The second kappa shape index (κ2) is 15.2. The number of nitrogens with one attached hydrogen (secondary N) is 1. The Bertz CT molecular complexity index is 1790. The Kier molecular flexibility index (Phi) is 11.6. The summed E-state index contributed by atoms with van der Waals surface area (Å²) in [4.78, 5) is 29.3. The van der Waals surface area contributed by atoms with Gasteiger partial charge in [0.15, 0.2) is 0 Å². The lowest BCUT2D eigenvalue weighted by Crippen LogP contribution is -2.55. The number of carbonyl (C=O) groups excluding carboxylic acids is 2. The van der Waals surface area contributed by atoms with Crippen LogP contribution >= 0.6 is 23.2 Å². The van der Waals surface area contributed by atoms with Gasteiger partial charge in [0.2, 0.25) is 11.8 Å². The number of para-hydroxylation sites is 1. The zero-order valence-corrected chi connectivity index (χ0v) is 29.4. The van der Waals surface area contributed by atoms with Crippen molar-refractivity contribution in [3.8, 4) is 11.5 Å². The van der Waals surface area contributed by atoms with Crippen LogP contribution in [0.15, 0.2) is 102 Å². The van der Waals surface area contributed by atoms with E-state index in [1.165, 1.54) is 17.0 Å². The highest BCUT2D eigenvalue weighted by molar-refractivity contribution is 7.92. The van der Waals surface area contributed by atoms with Gasteiger partial charge >= 0.3 is 0 Å². The van der Waals surface area contributed by atoms with Crippen LogP contribution in [0.2, 0.25) is 10.0 Å². The minimum atomic E-state index is -4.24. The number of anilines is 1.